The van der Waals surface area contributed by atoms with E-state index in [9.17, 15) is 9.18 Å². The van der Waals surface area contributed by atoms with Gasteiger partial charge in [0, 0.05) is 22.0 Å². The van der Waals surface area contributed by atoms with Gasteiger partial charge in [-0.1, -0.05) is 72.2 Å². The molecule has 12 heteroatoms. The lowest BCUT2D eigenvalue weighted by atomic mass is 9.95. The van der Waals surface area contributed by atoms with Crippen molar-refractivity contribution in [3.05, 3.63) is 104 Å². The van der Waals surface area contributed by atoms with Gasteiger partial charge in [-0.3, -0.25) is 0 Å². The molecule has 3 aromatic carbocycles. The first-order valence-corrected chi connectivity index (χ1v) is 15.3. The van der Waals surface area contributed by atoms with Gasteiger partial charge in [-0.25, -0.2) is 13.9 Å². The zero-order valence-corrected chi connectivity index (χ0v) is 26.0. The fourth-order valence-corrected chi connectivity index (χ4v) is 5.92. The molecule has 43 heavy (non-hydrogen) atoms. The van der Waals surface area contributed by atoms with Crippen molar-refractivity contribution < 1.29 is 23.4 Å². The Kier molecular flexibility index (Phi) is 9.79. The van der Waals surface area contributed by atoms with Crippen molar-refractivity contribution in [1.29, 1.82) is 0 Å². The zero-order chi connectivity index (χ0) is 30.5. The van der Waals surface area contributed by atoms with Gasteiger partial charge in [-0.05, 0) is 54.8 Å². The normalized spacial score (nSPS) is 14.2. The molecule has 0 saturated carbocycles. The molecule has 1 aliphatic heterocycles. The third kappa shape index (κ3) is 6.76. The first-order valence-electron chi connectivity index (χ1n) is 13.5. The largest absolute Gasteiger partial charge is 0.493 e. The third-order valence-corrected chi connectivity index (χ3v) is 8.35. The number of carbonyl (C=O) groups is 1. The topological polar surface area (TPSA) is 87.5 Å². The number of nitrogens with zero attached hydrogens (tertiary/aromatic N) is 3. The molecule has 5 rings (SSSR count). The molecule has 1 atom stereocenters. The molecule has 224 valence electrons. The Hall–Kier alpha value is -3.73. The number of benzene rings is 3. The minimum absolute atomic E-state index is 0.0958. The van der Waals surface area contributed by atoms with E-state index in [1.54, 1.807) is 35.9 Å². The van der Waals surface area contributed by atoms with Gasteiger partial charge in [0.25, 0.3) is 0 Å². The first kappa shape index (κ1) is 30.7. The number of allylic oxidation sites excluding steroid dienone is 1. The van der Waals surface area contributed by atoms with Crippen LogP contribution in [0.3, 0.4) is 0 Å². The van der Waals surface area contributed by atoms with E-state index in [0.29, 0.717) is 56.6 Å². The number of anilines is 1. The molecule has 1 aliphatic rings. The number of carbonyl (C=O) groups excluding carboxylic acids is 1. The van der Waals surface area contributed by atoms with Gasteiger partial charge in [-0.2, -0.15) is 4.98 Å². The standard InChI is InChI=1S/C31H29Cl2FN4O4S/c1-4-14-41-29(39)27-18(2)35-30-36-31(43-17-20-8-5-6-9-22(20)32)37-38(30)28(27)19-12-13-25(26(15-19)40-3)42-16-21-23(33)10-7-11-24(21)34/h5-13,15,28H,4,14,16-17H2,1-3H3,(H,35,36,37). The highest BCUT2D eigenvalue weighted by Crippen LogP contribution is 2.40. The molecular formula is C31H29Cl2FN4O4S. The summed E-state index contributed by atoms with van der Waals surface area (Å²) in [5, 5.41) is 9.42. The molecule has 4 aromatic rings. The lowest BCUT2D eigenvalue weighted by Gasteiger charge is -2.28. The van der Waals surface area contributed by atoms with Gasteiger partial charge < -0.3 is 19.5 Å². The van der Waals surface area contributed by atoms with Crippen molar-refractivity contribution in [3.63, 3.8) is 0 Å². The number of methoxy groups -OCH3 is 1. The highest BCUT2D eigenvalue weighted by molar-refractivity contribution is 7.98. The molecule has 0 spiro atoms. The Morgan fingerprint density at radius 2 is 1.88 bits per heavy atom. The van der Waals surface area contributed by atoms with Crippen molar-refractivity contribution in [2.45, 2.75) is 43.8 Å². The smallest absolute Gasteiger partial charge is 0.338 e. The maximum absolute atomic E-state index is 14.3. The number of fused-ring (bicyclic) bond motifs is 1. The lowest BCUT2D eigenvalue weighted by Crippen LogP contribution is -2.29. The van der Waals surface area contributed by atoms with Crippen molar-refractivity contribution in [1.82, 2.24) is 14.8 Å². The highest BCUT2D eigenvalue weighted by atomic mass is 35.5. The van der Waals surface area contributed by atoms with Gasteiger partial charge in [0.1, 0.15) is 18.5 Å². The van der Waals surface area contributed by atoms with Crippen molar-refractivity contribution >= 4 is 46.9 Å². The summed E-state index contributed by atoms with van der Waals surface area (Å²) in [6.07, 6.45) is 0.680. The van der Waals surface area contributed by atoms with E-state index in [-0.39, 0.29) is 23.8 Å². The van der Waals surface area contributed by atoms with Crippen molar-refractivity contribution in [2.75, 3.05) is 19.0 Å². The van der Waals surface area contributed by atoms with Gasteiger partial charge in [0.2, 0.25) is 11.1 Å². The molecule has 8 nitrogen and oxygen atoms in total. The SMILES string of the molecule is CCCOC(=O)C1=C(C)Nc2nc(SCc3ccccc3Cl)nn2C1c1ccc(OCc2c(F)cccc2Cl)c(OC)c1. The zero-order valence-electron chi connectivity index (χ0n) is 23.7. The predicted octanol–water partition coefficient (Wildman–Crippen LogP) is 7.85. The summed E-state index contributed by atoms with van der Waals surface area (Å²) < 4.78 is 33.1. The van der Waals surface area contributed by atoms with E-state index < -0.39 is 17.8 Å². The number of hydrogen-bond donors (Lipinski definition) is 1. The Morgan fingerprint density at radius 1 is 1.09 bits per heavy atom. The van der Waals surface area contributed by atoms with Gasteiger partial charge >= 0.3 is 5.97 Å². The van der Waals surface area contributed by atoms with Crippen LogP contribution in [0.4, 0.5) is 10.3 Å². The predicted molar refractivity (Wildman–Crippen MR) is 165 cm³/mol. The molecule has 0 aliphatic carbocycles. The number of aromatic nitrogens is 3. The second-order valence-corrected chi connectivity index (χ2v) is 11.4. The van der Waals surface area contributed by atoms with Crippen LogP contribution in [-0.2, 0) is 21.9 Å². The number of hydrogen-bond acceptors (Lipinski definition) is 8. The molecule has 0 radical (unpaired) electrons. The third-order valence-electron chi connectivity index (χ3n) is 6.74. The van der Waals surface area contributed by atoms with E-state index in [4.69, 9.17) is 42.5 Å². The summed E-state index contributed by atoms with van der Waals surface area (Å²) in [6, 6.07) is 16.7. The Balaban J connectivity index is 1.48. The average molecular weight is 644 g/mol. The molecule has 1 N–H and O–H groups in total. The van der Waals surface area contributed by atoms with Crippen LogP contribution in [0.5, 0.6) is 11.5 Å². The summed E-state index contributed by atoms with van der Waals surface area (Å²) in [7, 11) is 1.51. The Bertz CT molecular complexity index is 1660. The molecule has 2 heterocycles. The number of rotatable bonds is 11. The summed E-state index contributed by atoms with van der Waals surface area (Å²) in [4.78, 5) is 18.0. The maximum atomic E-state index is 14.3. The van der Waals surface area contributed by atoms with Crippen LogP contribution in [0.25, 0.3) is 0 Å². The van der Waals surface area contributed by atoms with Gasteiger partial charge in [-0.15, -0.1) is 5.10 Å². The van der Waals surface area contributed by atoms with E-state index >= 15 is 0 Å². The fraction of sp³-hybridized carbons (Fsp3) is 0.258. The second kappa shape index (κ2) is 13.7. The fourth-order valence-electron chi connectivity index (χ4n) is 4.59. The number of esters is 1. The number of ether oxygens (including phenoxy) is 3. The summed E-state index contributed by atoms with van der Waals surface area (Å²) in [5.41, 5.74) is 2.87. The Labute approximate surface area is 263 Å². The van der Waals surface area contributed by atoms with Crippen LogP contribution in [0, 0.1) is 5.82 Å². The average Bonchev–Trinajstić information content (AvgIpc) is 3.40. The van der Waals surface area contributed by atoms with Crippen LogP contribution >= 0.6 is 35.0 Å². The number of nitrogens with one attached hydrogen (secondary N) is 1. The summed E-state index contributed by atoms with van der Waals surface area (Å²) in [5.74, 6) is 0.886. The molecule has 0 fully saturated rings. The molecule has 1 aromatic heterocycles. The summed E-state index contributed by atoms with van der Waals surface area (Å²) in [6.45, 7) is 3.92. The maximum Gasteiger partial charge on any atom is 0.338 e. The lowest BCUT2D eigenvalue weighted by molar-refractivity contribution is -0.139. The van der Waals surface area contributed by atoms with Gasteiger partial charge in [0.15, 0.2) is 11.5 Å². The van der Waals surface area contributed by atoms with E-state index in [2.05, 4.69) is 10.3 Å². The van der Waals surface area contributed by atoms with E-state index in [1.165, 1.54) is 31.0 Å². The second-order valence-electron chi connectivity index (χ2n) is 9.64. The molecule has 0 bridgehead atoms. The summed E-state index contributed by atoms with van der Waals surface area (Å²) >= 11 is 14.0. The highest BCUT2D eigenvalue weighted by Gasteiger charge is 2.36. The van der Waals surface area contributed by atoms with E-state index in [1.807, 2.05) is 31.2 Å². The molecule has 0 saturated heterocycles. The molecule has 1 unspecified atom stereocenters. The van der Waals surface area contributed by atoms with Crippen LogP contribution < -0.4 is 14.8 Å². The quantitative estimate of drug-likeness (QED) is 0.131. The minimum atomic E-state index is -0.674. The Morgan fingerprint density at radius 3 is 2.63 bits per heavy atom. The van der Waals surface area contributed by atoms with Crippen LogP contribution in [0.2, 0.25) is 10.0 Å². The monoisotopic (exact) mass is 642 g/mol. The van der Waals surface area contributed by atoms with E-state index in [0.717, 1.165) is 5.56 Å². The van der Waals surface area contributed by atoms with Crippen LogP contribution in [0.15, 0.2) is 77.1 Å². The van der Waals surface area contributed by atoms with Crippen molar-refractivity contribution in [2.24, 2.45) is 0 Å². The van der Waals surface area contributed by atoms with Crippen molar-refractivity contribution in [3.8, 4) is 11.5 Å². The van der Waals surface area contributed by atoms with Gasteiger partial charge in [0.05, 0.1) is 24.3 Å². The first-order chi connectivity index (χ1) is 20.8. The van der Waals surface area contributed by atoms with Crippen LogP contribution in [0.1, 0.15) is 43.0 Å². The minimum Gasteiger partial charge on any atom is -0.493 e. The van der Waals surface area contributed by atoms with Crippen LogP contribution in [-0.4, -0.2) is 34.5 Å². The number of halogens is 3. The number of thioether (sulfide) groups is 1. The molecule has 0 amide bonds. The molecular weight excluding hydrogens is 614 g/mol.